The van der Waals surface area contributed by atoms with Crippen LogP contribution in [0, 0.1) is 19.7 Å². The van der Waals surface area contributed by atoms with E-state index in [1.54, 1.807) is 23.5 Å². The molecule has 0 radical (unpaired) electrons. The van der Waals surface area contributed by atoms with E-state index in [0.29, 0.717) is 17.0 Å². The van der Waals surface area contributed by atoms with Gasteiger partial charge in [-0.05, 0) is 44.0 Å². The Morgan fingerprint density at radius 2 is 2.06 bits per heavy atom. The molecule has 1 unspecified atom stereocenters. The molecule has 2 aromatic rings. The van der Waals surface area contributed by atoms with Gasteiger partial charge in [0.05, 0.1) is 5.38 Å². The zero-order valence-corrected chi connectivity index (χ0v) is 12.5. The number of benzene rings is 1. The fourth-order valence-electron chi connectivity index (χ4n) is 1.76. The van der Waals surface area contributed by atoms with Crippen molar-refractivity contribution in [2.24, 2.45) is 0 Å². The average Bonchev–Trinajstić information content (AvgIpc) is 2.64. The van der Waals surface area contributed by atoms with Crippen LogP contribution < -0.4 is 0 Å². The van der Waals surface area contributed by atoms with Crippen LogP contribution in [-0.4, -0.2) is 0 Å². The molecule has 0 N–H and O–H groups in total. The maximum Gasteiger partial charge on any atom is 0.127 e. The van der Waals surface area contributed by atoms with Crippen LogP contribution >= 0.6 is 34.5 Å². The Morgan fingerprint density at radius 1 is 1.33 bits per heavy atom. The Hall–Kier alpha value is -0.570. The van der Waals surface area contributed by atoms with Gasteiger partial charge in [-0.15, -0.1) is 22.9 Å². The lowest BCUT2D eigenvalue weighted by atomic mass is 10.1. The molecule has 2 rings (SSSR count). The van der Waals surface area contributed by atoms with Crippen molar-refractivity contribution in [2.45, 2.75) is 25.6 Å². The molecular weight excluding hydrogens is 290 g/mol. The van der Waals surface area contributed by atoms with E-state index >= 15 is 0 Å². The molecule has 1 aromatic heterocycles. The molecule has 4 heteroatoms. The minimum Gasteiger partial charge on any atom is -0.207 e. The zero-order valence-electron chi connectivity index (χ0n) is 10.1. The first-order valence-electron chi connectivity index (χ1n) is 5.63. The van der Waals surface area contributed by atoms with Crippen molar-refractivity contribution < 1.29 is 4.39 Å². The Kier molecular flexibility index (Phi) is 4.31. The quantitative estimate of drug-likeness (QED) is 0.640. The van der Waals surface area contributed by atoms with E-state index < -0.39 is 0 Å². The molecule has 18 heavy (non-hydrogen) atoms. The third-order valence-corrected chi connectivity index (χ3v) is 5.08. The summed E-state index contributed by atoms with van der Waals surface area (Å²) in [6.45, 7) is 4.11. The van der Waals surface area contributed by atoms with E-state index in [0.717, 1.165) is 4.88 Å². The maximum atomic E-state index is 13.7. The SMILES string of the molecule is Cc1cc(C(Cl)Cc2c(F)cccc2Cl)sc1C. The molecule has 0 bridgehead atoms. The lowest BCUT2D eigenvalue weighted by Crippen LogP contribution is -1.97. The molecule has 96 valence electrons. The lowest BCUT2D eigenvalue weighted by molar-refractivity contribution is 0.608. The second-order valence-electron chi connectivity index (χ2n) is 4.26. The van der Waals surface area contributed by atoms with Crippen LogP contribution in [0.1, 0.15) is 26.3 Å². The number of hydrogen-bond donors (Lipinski definition) is 0. The molecule has 1 heterocycles. The Morgan fingerprint density at radius 3 is 2.61 bits per heavy atom. The van der Waals surface area contributed by atoms with Crippen LogP contribution in [0.25, 0.3) is 0 Å². The Bertz CT molecular complexity index is 523. The number of alkyl halides is 1. The summed E-state index contributed by atoms with van der Waals surface area (Å²) >= 11 is 14.0. The Labute approximate surface area is 120 Å². The van der Waals surface area contributed by atoms with Crippen molar-refractivity contribution in [3.63, 3.8) is 0 Å². The van der Waals surface area contributed by atoms with Gasteiger partial charge >= 0.3 is 0 Å². The van der Waals surface area contributed by atoms with Crippen LogP contribution in [0.3, 0.4) is 0 Å². The lowest BCUT2D eigenvalue weighted by Gasteiger charge is -2.10. The van der Waals surface area contributed by atoms with Crippen molar-refractivity contribution in [1.29, 1.82) is 0 Å². The molecule has 0 fully saturated rings. The van der Waals surface area contributed by atoms with E-state index in [4.69, 9.17) is 23.2 Å². The normalized spacial score (nSPS) is 12.7. The van der Waals surface area contributed by atoms with Gasteiger partial charge in [-0.25, -0.2) is 4.39 Å². The topological polar surface area (TPSA) is 0 Å². The van der Waals surface area contributed by atoms with Gasteiger partial charge in [0.25, 0.3) is 0 Å². The van der Waals surface area contributed by atoms with Crippen LogP contribution in [0.4, 0.5) is 4.39 Å². The van der Waals surface area contributed by atoms with Gasteiger partial charge in [-0.3, -0.25) is 0 Å². The standard InChI is InChI=1S/C14H13Cl2FS/c1-8-6-14(18-9(8)2)12(16)7-10-11(15)4-3-5-13(10)17/h3-6,12H,7H2,1-2H3. The van der Waals surface area contributed by atoms with Gasteiger partial charge in [0, 0.05) is 20.3 Å². The van der Waals surface area contributed by atoms with Crippen LogP contribution in [0.15, 0.2) is 24.3 Å². The molecular formula is C14H13Cl2FS. The number of aryl methyl sites for hydroxylation is 2. The molecule has 1 atom stereocenters. The minimum atomic E-state index is -0.293. The summed E-state index contributed by atoms with van der Waals surface area (Å²) in [5.41, 5.74) is 1.71. The van der Waals surface area contributed by atoms with Gasteiger partial charge in [0.15, 0.2) is 0 Å². The molecule has 0 aliphatic carbocycles. The van der Waals surface area contributed by atoms with Crippen LogP contribution in [0.2, 0.25) is 5.02 Å². The van der Waals surface area contributed by atoms with Gasteiger partial charge in [-0.2, -0.15) is 0 Å². The van der Waals surface area contributed by atoms with E-state index in [2.05, 4.69) is 19.9 Å². The molecule has 0 amide bonds. The summed E-state index contributed by atoms with van der Waals surface area (Å²) in [7, 11) is 0. The number of halogens is 3. The zero-order chi connectivity index (χ0) is 13.3. The van der Waals surface area contributed by atoms with Crippen LogP contribution in [-0.2, 0) is 6.42 Å². The average molecular weight is 303 g/mol. The summed E-state index contributed by atoms with van der Waals surface area (Å²) in [5.74, 6) is -0.293. The van der Waals surface area contributed by atoms with E-state index in [9.17, 15) is 4.39 Å². The molecule has 0 saturated heterocycles. The second kappa shape index (κ2) is 5.60. The van der Waals surface area contributed by atoms with Gasteiger partial charge in [-0.1, -0.05) is 17.7 Å². The first-order valence-corrected chi connectivity index (χ1v) is 7.26. The molecule has 0 nitrogen and oxygen atoms in total. The van der Waals surface area contributed by atoms with Crippen molar-refractivity contribution in [2.75, 3.05) is 0 Å². The highest BCUT2D eigenvalue weighted by atomic mass is 35.5. The highest BCUT2D eigenvalue weighted by molar-refractivity contribution is 7.12. The van der Waals surface area contributed by atoms with Gasteiger partial charge < -0.3 is 0 Å². The monoisotopic (exact) mass is 302 g/mol. The first-order chi connectivity index (χ1) is 8.49. The molecule has 0 saturated carbocycles. The maximum absolute atomic E-state index is 13.7. The smallest absolute Gasteiger partial charge is 0.127 e. The van der Waals surface area contributed by atoms with Crippen molar-refractivity contribution in [3.8, 4) is 0 Å². The summed E-state index contributed by atoms with van der Waals surface area (Å²) < 4.78 is 13.7. The van der Waals surface area contributed by atoms with E-state index in [-0.39, 0.29) is 11.2 Å². The fourth-order valence-corrected chi connectivity index (χ4v) is 3.37. The molecule has 1 aromatic carbocycles. The van der Waals surface area contributed by atoms with Crippen molar-refractivity contribution in [1.82, 2.24) is 0 Å². The predicted molar refractivity (Wildman–Crippen MR) is 77.5 cm³/mol. The highest BCUT2D eigenvalue weighted by Crippen LogP contribution is 2.34. The first kappa shape index (κ1) is 13.9. The number of thiophene rings is 1. The Balaban J connectivity index is 2.23. The van der Waals surface area contributed by atoms with Crippen molar-refractivity contribution >= 4 is 34.5 Å². The molecule has 0 aliphatic heterocycles. The largest absolute Gasteiger partial charge is 0.207 e. The second-order valence-corrected chi connectivity index (χ2v) is 6.48. The summed E-state index contributed by atoms with van der Waals surface area (Å²) in [6.07, 6.45) is 0.409. The summed E-state index contributed by atoms with van der Waals surface area (Å²) in [5, 5.41) is 0.197. The summed E-state index contributed by atoms with van der Waals surface area (Å²) in [4.78, 5) is 2.31. The highest BCUT2D eigenvalue weighted by Gasteiger charge is 2.16. The predicted octanol–water partition coefficient (Wildman–Crippen LogP) is 5.68. The fraction of sp³-hybridized carbons (Fsp3) is 0.286. The molecule has 0 spiro atoms. The van der Waals surface area contributed by atoms with E-state index in [1.807, 2.05) is 0 Å². The molecule has 0 aliphatic rings. The number of hydrogen-bond acceptors (Lipinski definition) is 1. The van der Waals surface area contributed by atoms with Crippen LogP contribution in [0.5, 0.6) is 0 Å². The van der Waals surface area contributed by atoms with Crippen molar-refractivity contribution in [3.05, 3.63) is 56.0 Å². The summed E-state index contributed by atoms with van der Waals surface area (Å²) in [6, 6.07) is 6.76. The minimum absolute atomic E-state index is 0.239. The number of rotatable bonds is 3. The third kappa shape index (κ3) is 2.87. The van der Waals surface area contributed by atoms with E-state index in [1.165, 1.54) is 16.5 Å². The van der Waals surface area contributed by atoms with Gasteiger partial charge in [0.2, 0.25) is 0 Å². The third-order valence-electron chi connectivity index (χ3n) is 2.94. The van der Waals surface area contributed by atoms with Gasteiger partial charge in [0.1, 0.15) is 5.82 Å².